The van der Waals surface area contributed by atoms with Crippen LogP contribution in [0, 0.1) is 5.92 Å². The van der Waals surface area contributed by atoms with Crippen molar-refractivity contribution in [1.82, 2.24) is 20.3 Å². The molecule has 132 valence electrons. The molecule has 1 aliphatic heterocycles. The van der Waals surface area contributed by atoms with Gasteiger partial charge in [0.2, 0.25) is 5.91 Å². The number of carbonyl (C=O) groups excluding carboxylic acids is 2. The normalized spacial score (nSPS) is 20.9. The number of ether oxygens (including phenoxy) is 2. The molecule has 8 nitrogen and oxygen atoms in total. The zero-order valence-corrected chi connectivity index (χ0v) is 14.0. The summed E-state index contributed by atoms with van der Waals surface area (Å²) in [6.07, 6.45) is 5.28. The monoisotopic (exact) mass is 336 g/mol. The van der Waals surface area contributed by atoms with Gasteiger partial charge in [-0.25, -0.2) is 4.79 Å². The van der Waals surface area contributed by atoms with Crippen LogP contribution in [-0.2, 0) is 14.3 Å². The Morgan fingerprint density at radius 3 is 2.79 bits per heavy atom. The van der Waals surface area contributed by atoms with Gasteiger partial charge in [-0.05, 0) is 38.5 Å². The number of amides is 1. The minimum atomic E-state index is -0.512. The van der Waals surface area contributed by atoms with E-state index in [9.17, 15) is 9.59 Å². The third-order valence-corrected chi connectivity index (χ3v) is 4.74. The summed E-state index contributed by atoms with van der Waals surface area (Å²) in [5.74, 6) is 0.0366. The largest absolute Gasteiger partial charge is 0.461 e. The highest BCUT2D eigenvalue weighted by atomic mass is 16.5. The van der Waals surface area contributed by atoms with Gasteiger partial charge in [-0.3, -0.25) is 4.79 Å². The van der Waals surface area contributed by atoms with Crippen LogP contribution in [0.5, 0.6) is 0 Å². The smallest absolute Gasteiger partial charge is 0.360 e. The van der Waals surface area contributed by atoms with Gasteiger partial charge in [-0.1, -0.05) is 6.42 Å². The number of carbonyl (C=O) groups is 2. The topological polar surface area (TPSA) is 97.4 Å². The predicted molar refractivity (Wildman–Crippen MR) is 84.2 cm³/mol. The van der Waals surface area contributed by atoms with Gasteiger partial charge in [0.25, 0.3) is 0 Å². The zero-order chi connectivity index (χ0) is 16.9. The molecular formula is C16H24N4O4. The minimum absolute atomic E-state index is 0.0605. The first-order chi connectivity index (χ1) is 11.7. The second kappa shape index (κ2) is 7.74. The van der Waals surface area contributed by atoms with Crippen molar-refractivity contribution >= 4 is 11.9 Å². The van der Waals surface area contributed by atoms with Crippen molar-refractivity contribution in [2.45, 2.75) is 45.1 Å². The van der Waals surface area contributed by atoms with E-state index in [1.54, 1.807) is 11.8 Å². The lowest BCUT2D eigenvalue weighted by Crippen LogP contribution is -2.35. The Kier molecular flexibility index (Phi) is 5.44. The molecule has 0 aromatic carbocycles. The average molecular weight is 336 g/mol. The van der Waals surface area contributed by atoms with Crippen molar-refractivity contribution in [3.63, 3.8) is 0 Å². The molecule has 1 atom stereocenters. The van der Waals surface area contributed by atoms with Gasteiger partial charge in [0, 0.05) is 6.54 Å². The number of hydrogen-bond donors (Lipinski definition) is 1. The predicted octanol–water partition coefficient (Wildman–Crippen LogP) is 1.46. The molecule has 0 spiro atoms. The zero-order valence-electron chi connectivity index (χ0n) is 14.0. The Balaban J connectivity index is 1.61. The van der Waals surface area contributed by atoms with Crippen LogP contribution in [0.4, 0.5) is 0 Å². The van der Waals surface area contributed by atoms with E-state index < -0.39 is 5.97 Å². The van der Waals surface area contributed by atoms with Crippen molar-refractivity contribution in [2.75, 3.05) is 26.4 Å². The summed E-state index contributed by atoms with van der Waals surface area (Å²) in [5.41, 5.74) is 0.648. The molecule has 1 N–H and O–H groups in total. The van der Waals surface area contributed by atoms with Crippen molar-refractivity contribution in [1.29, 1.82) is 0 Å². The lowest BCUT2D eigenvalue weighted by molar-refractivity contribution is -0.138. The highest BCUT2D eigenvalue weighted by Crippen LogP contribution is 2.32. The summed E-state index contributed by atoms with van der Waals surface area (Å²) in [7, 11) is 0. The van der Waals surface area contributed by atoms with E-state index in [0.29, 0.717) is 24.8 Å². The molecule has 2 heterocycles. The van der Waals surface area contributed by atoms with E-state index in [1.807, 2.05) is 0 Å². The van der Waals surface area contributed by atoms with Gasteiger partial charge in [0.15, 0.2) is 5.69 Å². The maximum atomic E-state index is 12.5. The number of aromatic nitrogens is 3. The lowest BCUT2D eigenvalue weighted by atomic mass is 9.86. The molecule has 1 unspecified atom stereocenters. The standard InChI is InChI=1S/C16H24N4O4/c1-2-24-16(22)15-14(17-19-18-15)12-7-4-8-20(12)13(21)10-23-9-11-5-3-6-11/h11-12H,2-10H2,1H3,(H,17,18,19). The van der Waals surface area contributed by atoms with Crippen LogP contribution in [0.3, 0.4) is 0 Å². The third kappa shape index (κ3) is 3.58. The van der Waals surface area contributed by atoms with Crippen molar-refractivity contribution in [3.05, 3.63) is 11.4 Å². The molecule has 2 fully saturated rings. The second-order valence-electron chi connectivity index (χ2n) is 6.34. The number of nitrogens with one attached hydrogen (secondary N) is 1. The average Bonchev–Trinajstić information content (AvgIpc) is 3.17. The van der Waals surface area contributed by atoms with Crippen LogP contribution in [0.2, 0.25) is 0 Å². The Hall–Kier alpha value is -1.96. The molecule has 2 aliphatic rings. The molecular weight excluding hydrogens is 312 g/mol. The Morgan fingerprint density at radius 1 is 1.25 bits per heavy atom. The molecule has 1 saturated carbocycles. The Bertz CT molecular complexity index is 584. The van der Waals surface area contributed by atoms with E-state index in [-0.39, 0.29) is 30.9 Å². The van der Waals surface area contributed by atoms with Crippen molar-refractivity contribution in [2.24, 2.45) is 5.92 Å². The van der Waals surface area contributed by atoms with Crippen LogP contribution >= 0.6 is 0 Å². The van der Waals surface area contributed by atoms with Gasteiger partial charge >= 0.3 is 5.97 Å². The number of esters is 1. The number of H-pyrrole nitrogens is 1. The molecule has 24 heavy (non-hydrogen) atoms. The first-order valence-corrected chi connectivity index (χ1v) is 8.65. The van der Waals surface area contributed by atoms with Crippen molar-refractivity contribution in [3.8, 4) is 0 Å². The molecule has 3 rings (SSSR count). The first kappa shape index (κ1) is 16.9. The molecule has 1 saturated heterocycles. The van der Waals surface area contributed by atoms with Crippen LogP contribution in [-0.4, -0.2) is 58.6 Å². The fraction of sp³-hybridized carbons (Fsp3) is 0.750. The molecule has 1 aromatic heterocycles. The minimum Gasteiger partial charge on any atom is -0.461 e. The quantitative estimate of drug-likeness (QED) is 0.757. The fourth-order valence-corrected chi connectivity index (χ4v) is 3.23. The molecule has 0 bridgehead atoms. The molecule has 1 aromatic rings. The van der Waals surface area contributed by atoms with E-state index in [0.717, 1.165) is 12.8 Å². The molecule has 8 heteroatoms. The van der Waals surface area contributed by atoms with Crippen LogP contribution in [0.25, 0.3) is 0 Å². The number of hydrogen-bond acceptors (Lipinski definition) is 6. The van der Waals surface area contributed by atoms with E-state index in [1.165, 1.54) is 19.3 Å². The van der Waals surface area contributed by atoms with E-state index in [4.69, 9.17) is 9.47 Å². The van der Waals surface area contributed by atoms with Gasteiger partial charge < -0.3 is 14.4 Å². The lowest BCUT2D eigenvalue weighted by Gasteiger charge is -2.26. The maximum Gasteiger partial charge on any atom is 0.360 e. The second-order valence-corrected chi connectivity index (χ2v) is 6.34. The summed E-state index contributed by atoms with van der Waals surface area (Å²) < 4.78 is 10.6. The maximum absolute atomic E-state index is 12.5. The highest BCUT2D eigenvalue weighted by molar-refractivity contribution is 5.88. The van der Waals surface area contributed by atoms with Crippen LogP contribution in [0.1, 0.15) is 61.3 Å². The van der Waals surface area contributed by atoms with Gasteiger partial charge in [-0.2, -0.15) is 10.3 Å². The summed E-state index contributed by atoms with van der Waals surface area (Å²) in [6.45, 7) is 3.39. The van der Waals surface area contributed by atoms with Crippen LogP contribution in [0.15, 0.2) is 0 Å². The first-order valence-electron chi connectivity index (χ1n) is 8.65. The third-order valence-electron chi connectivity index (χ3n) is 4.74. The number of aromatic amines is 1. The number of likely N-dealkylation sites (tertiary alicyclic amines) is 1. The Morgan fingerprint density at radius 2 is 2.08 bits per heavy atom. The number of rotatable bonds is 7. The SMILES string of the molecule is CCOC(=O)c1n[nH]nc1C1CCCN1C(=O)COCC1CCC1. The summed E-state index contributed by atoms with van der Waals surface area (Å²) in [6, 6.07) is -0.247. The summed E-state index contributed by atoms with van der Waals surface area (Å²) in [5, 5.41) is 10.5. The number of nitrogens with zero attached hydrogens (tertiary/aromatic N) is 3. The van der Waals surface area contributed by atoms with Crippen molar-refractivity contribution < 1.29 is 19.1 Å². The van der Waals surface area contributed by atoms with Crippen LogP contribution < -0.4 is 0 Å². The summed E-state index contributed by atoms with van der Waals surface area (Å²) >= 11 is 0. The summed E-state index contributed by atoms with van der Waals surface area (Å²) in [4.78, 5) is 26.2. The van der Waals surface area contributed by atoms with Gasteiger partial charge in [0.1, 0.15) is 12.3 Å². The van der Waals surface area contributed by atoms with Gasteiger partial charge in [-0.15, -0.1) is 5.10 Å². The fourth-order valence-electron chi connectivity index (χ4n) is 3.23. The van der Waals surface area contributed by atoms with E-state index >= 15 is 0 Å². The highest BCUT2D eigenvalue weighted by Gasteiger charge is 2.35. The van der Waals surface area contributed by atoms with E-state index in [2.05, 4.69) is 15.4 Å². The molecule has 1 aliphatic carbocycles. The molecule has 1 amide bonds. The van der Waals surface area contributed by atoms with Gasteiger partial charge in [0.05, 0.1) is 19.3 Å². The molecule has 0 radical (unpaired) electrons. The Labute approximate surface area is 140 Å².